The zero-order valence-corrected chi connectivity index (χ0v) is 23.9. The molecule has 0 saturated heterocycles. The van der Waals surface area contributed by atoms with Gasteiger partial charge in [-0.1, -0.05) is 128 Å². The molecule has 0 radical (unpaired) electrons. The molecule has 0 bridgehead atoms. The zero-order chi connectivity index (χ0) is 24.1. The monoisotopic (exact) mass is 452 g/mol. The van der Waals surface area contributed by atoms with Gasteiger partial charge in [-0.2, -0.15) is 0 Å². The predicted molar refractivity (Wildman–Crippen MR) is 151 cm³/mol. The van der Waals surface area contributed by atoms with E-state index in [1.54, 1.807) is 5.56 Å². The normalized spacial score (nSPS) is 11.6. The molecular formula is C31H52Si. The summed E-state index contributed by atoms with van der Waals surface area (Å²) in [5, 5.41) is 0. The summed E-state index contributed by atoms with van der Waals surface area (Å²) >= 11 is 0. The van der Waals surface area contributed by atoms with E-state index in [1.807, 2.05) is 0 Å². The third-order valence-corrected chi connectivity index (χ3v) is 9.91. The Bertz CT molecular complexity index is 719. The SMILES string of the molecule is CCCC(CCC)[Si](C)(C)C.CCCC(CCC)c1c(C)cc(-c2ccccc2)cc1C. The largest absolute Gasteiger partial charge is 0.0693 e. The van der Waals surface area contributed by atoms with Crippen LogP contribution in [0.15, 0.2) is 42.5 Å². The van der Waals surface area contributed by atoms with Crippen LogP contribution in [0.25, 0.3) is 11.1 Å². The Kier molecular flexibility index (Phi) is 13.2. The Labute approximate surface area is 202 Å². The van der Waals surface area contributed by atoms with Crippen LogP contribution in [0.2, 0.25) is 25.2 Å². The molecule has 2 aromatic carbocycles. The molecule has 0 amide bonds. The van der Waals surface area contributed by atoms with E-state index in [4.69, 9.17) is 0 Å². The van der Waals surface area contributed by atoms with Gasteiger partial charge in [0, 0.05) is 8.07 Å². The highest BCUT2D eigenvalue weighted by molar-refractivity contribution is 6.77. The second kappa shape index (κ2) is 14.7. The minimum absolute atomic E-state index is 0.727. The van der Waals surface area contributed by atoms with E-state index in [0.717, 1.165) is 11.5 Å². The fraction of sp³-hybridized carbons (Fsp3) is 0.613. The fourth-order valence-electron chi connectivity index (χ4n) is 5.25. The molecule has 32 heavy (non-hydrogen) atoms. The number of hydrogen-bond acceptors (Lipinski definition) is 0. The Balaban J connectivity index is 0.000000396. The minimum Gasteiger partial charge on any atom is -0.0693 e. The van der Waals surface area contributed by atoms with Crippen molar-refractivity contribution >= 4 is 8.07 Å². The Morgan fingerprint density at radius 1 is 0.625 bits per heavy atom. The minimum atomic E-state index is -0.829. The van der Waals surface area contributed by atoms with Crippen molar-refractivity contribution in [3.05, 3.63) is 59.2 Å². The van der Waals surface area contributed by atoms with Crippen molar-refractivity contribution < 1.29 is 0 Å². The predicted octanol–water partition coefficient (Wildman–Crippen LogP) is 10.9. The number of benzene rings is 2. The Morgan fingerprint density at radius 3 is 1.44 bits per heavy atom. The summed E-state index contributed by atoms with van der Waals surface area (Å²) in [5.41, 5.74) is 8.25. The first kappa shape index (κ1) is 28.7. The highest BCUT2D eigenvalue weighted by atomic mass is 28.3. The summed E-state index contributed by atoms with van der Waals surface area (Å²) < 4.78 is 0. The lowest BCUT2D eigenvalue weighted by Crippen LogP contribution is -2.27. The van der Waals surface area contributed by atoms with Crippen molar-refractivity contribution in [2.45, 2.75) is 124 Å². The molecule has 0 aliphatic heterocycles. The first-order valence-electron chi connectivity index (χ1n) is 13.4. The molecule has 0 unspecified atom stereocenters. The molecule has 180 valence electrons. The van der Waals surface area contributed by atoms with Gasteiger partial charge in [-0.05, 0) is 66.0 Å². The van der Waals surface area contributed by atoms with Gasteiger partial charge in [0.25, 0.3) is 0 Å². The van der Waals surface area contributed by atoms with Crippen LogP contribution in [0.4, 0.5) is 0 Å². The first-order valence-corrected chi connectivity index (χ1v) is 16.9. The molecule has 1 heteroatoms. The van der Waals surface area contributed by atoms with Gasteiger partial charge in [-0.15, -0.1) is 0 Å². The molecule has 0 aliphatic rings. The topological polar surface area (TPSA) is 0 Å². The average molecular weight is 453 g/mol. The maximum absolute atomic E-state index is 2.50. The summed E-state index contributed by atoms with van der Waals surface area (Å²) in [6.07, 6.45) is 10.8. The van der Waals surface area contributed by atoms with Crippen LogP contribution >= 0.6 is 0 Å². The Hall–Kier alpha value is -1.34. The summed E-state index contributed by atoms with van der Waals surface area (Å²) in [7, 11) is -0.829. The second-order valence-corrected chi connectivity index (χ2v) is 16.4. The van der Waals surface area contributed by atoms with Crippen LogP contribution < -0.4 is 0 Å². The smallest absolute Gasteiger partial charge is 0.0473 e. The molecule has 0 spiro atoms. The summed E-state index contributed by atoms with van der Waals surface area (Å²) in [5.74, 6) is 0.727. The van der Waals surface area contributed by atoms with Gasteiger partial charge in [-0.25, -0.2) is 0 Å². The summed E-state index contributed by atoms with van der Waals surface area (Å²) in [4.78, 5) is 0. The van der Waals surface area contributed by atoms with Gasteiger partial charge in [0.15, 0.2) is 0 Å². The van der Waals surface area contributed by atoms with E-state index < -0.39 is 8.07 Å². The summed E-state index contributed by atoms with van der Waals surface area (Å²) in [6.45, 7) is 21.3. The van der Waals surface area contributed by atoms with E-state index in [9.17, 15) is 0 Å². The highest BCUT2D eigenvalue weighted by Gasteiger charge is 2.24. The Morgan fingerprint density at radius 2 is 1.06 bits per heavy atom. The zero-order valence-electron chi connectivity index (χ0n) is 22.9. The standard InChI is InChI=1S/C21H28.C10H24Si/c1-5-10-19(11-6-2)21-16(3)14-20(15-17(21)4)18-12-8-7-9-13-18;1-6-8-10(9-7-2)11(3,4)5/h7-9,12-15,19H,5-6,10-11H2,1-4H3;10H,6-9H2,1-5H3. The van der Waals surface area contributed by atoms with Crippen molar-refractivity contribution in [3.63, 3.8) is 0 Å². The molecule has 0 saturated carbocycles. The fourth-order valence-corrected chi connectivity index (χ4v) is 7.56. The lowest BCUT2D eigenvalue weighted by Gasteiger charge is -2.28. The molecule has 2 rings (SSSR count). The lowest BCUT2D eigenvalue weighted by atomic mass is 9.83. The van der Waals surface area contributed by atoms with Crippen LogP contribution in [-0.2, 0) is 0 Å². The average Bonchev–Trinajstić information content (AvgIpc) is 2.74. The molecule has 0 aromatic heterocycles. The molecule has 0 heterocycles. The molecular weight excluding hydrogens is 400 g/mol. The van der Waals surface area contributed by atoms with Crippen molar-refractivity contribution in [2.75, 3.05) is 0 Å². The van der Waals surface area contributed by atoms with Crippen LogP contribution in [0.1, 0.15) is 102 Å². The van der Waals surface area contributed by atoms with Crippen LogP contribution in [-0.4, -0.2) is 8.07 Å². The van der Waals surface area contributed by atoms with Crippen molar-refractivity contribution in [1.82, 2.24) is 0 Å². The third kappa shape index (κ3) is 9.26. The van der Waals surface area contributed by atoms with Crippen LogP contribution in [0.3, 0.4) is 0 Å². The van der Waals surface area contributed by atoms with Crippen molar-refractivity contribution in [1.29, 1.82) is 0 Å². The highest BCUT2D eigenvalue weighted by Crippen LogP contribution is 2.34. The molecule has 0 aliphatic carbocycles. The van der Waals surface area contributed by atoms with E-state index in [1.165, 1.54) is 73.6 Å². The van der Waals surface area contributed by atoms with E-state index in [0.29, 0.717) is 0 Å². The third-order valence-electron chi connectivity index (χ3n) is 6.88. The molecule has 2 aromatic rings. The van der Waals surface area contributed by atoms with Crippen LogP contribution in [0, 0.1) is 13.8 Å². The molecule has 0 nitrogen and oxygen atoms in total. The van der Waals surface area contributed by atoms with Gasteiger partial charge in [0.2, 0.25) is 0 Å². The number of hydrogen-bond donors (Lipinski definition) is 0. The summed E-state index contributed by atoms with van der Waals surface area (Å²) in [6, 6.07) is 15.4. The van der Waals surface area contributed by atoms with Gasteiger partial charge < -0.3 is 0 Å². The van der Waals surface area contributed by atoms with Gasteiger partial charge >= 0.3 is 0 Å². The van der Waals surface area contributed by atoms with E-state index >= 15 is 0 Å². The second-order valence-electron chi connectivity index (χ2n) is 10.8. The van der Waals surface area contributed by atoms with E-state index in [2.05, 4.69) is 104 Å². The number of rotatable bonds is 11. The van der Waals surface area contributed by atoms with Crippen molar-refractivity contribution in [3.8, 4) is 11.1 Å². The molecule has 0 atom stereocenters. The number of aryl methyl sites for hydroxylation is 2. The van der Waals surface area contributed by atoms with Crippen molar-refractivity contribution in [2.24, 2.45) is 0 Å². The van der Waals surface area contributed by atoms with Gasteiger partial charge in [0.1, 0.15) is 0 Å². The van der Waals surface area contributed by atoms with Gasteiger partial charge in [-0.3, -0.25) is 0 Å². The van der Waals surface area contributed by atoms with Crippen LogP contribution in [0.5, 0.6) is 0 Å². The maximum Gasteiger partial charge on any atom is 0.0473 e. The molecule has 0 fully saturated rings. The molecule has 0 N–H and O–H groups in total. The first-order chi connectivity index (χ1) is 15.2. The quantitative estimate of drug-likeness (QED) is 0.297. The maximum atomic E-state index is 2.50. The van der Waals surface area contributed by atoms with Gasteiger partial charge in [0.05, 0.1) is 0 Å². The van der Waals surface area contributed by atoms with E-state index in [-0.39, 0.29) is 0 Å². The lowest BCUT2D eigenvalue weighted by molar-refractivity contribution is 0.556.